The molecule has 0 unspecified atom stereocenters. The molecule has 3 rings (SSSR count). The van der Waals surface area contributed by atoms with E-state index < -0.39 is 5.83 Å². The second kappa shape index (κ2) is 13.6. The Balaban J connectivity index is 1.27. The van der Waals surface area contributed by atoms with Crippen LogP contribution < -0.4 is 0 Å². The molecule has 2 heteroatoms. The molecular weight excluding hydrogens is 393 g/mol. The molecule has 0 heterocycles. The third kappa shape index (κ3) is 8.23. The molecule has 174 valence electrons. The van der Waals surface area contributed by atoms with E-state index in [1.165, 1.54) is 113 Å². The van der Waals surface area contributed by atoms with E-state index in [9.17, 15) is 4.39 Å². The van der Waals surface area contributed by atoms with Crippen molar-refractivity contribution in [3.8, 4) is 6.07 Å². The molecule has 0 saturated heterocycles. The first-order valence-electron chi connectivity index (χ1n) is 13.2. The number of benzene rings is 1. The van der Waals surface area contributed by atoms with Crippen LogP contribution in [0.3, 0.4) is 0 Å². The molecule has 0 aliphatic heterocycles. The van der Waals surface area contributed by atoms with Gasteiger partial charge in [-0.05, 0) is 98.7 Å². The maximum absolute atomic E-state index is 12.9. The summed E-state index contributed by atoms with van der Waals surface area (Å²) in [6, 6.07) is 10.8. The number of hydrogen-bond acceptors (Lipinski definition) is 1. The maximum Gasteiger partial charge on any atom is 0.199 e. The molecule has 2 aliphatic rings. The minimum atomic E-state index is -0.701. The molecule has 2 saturated carbocycles. The van der Waals surface area contributed by atoms with Gasteiger partial charge in [-0.25, -0.2) is 0 Å². The summed E-state index contributed by atoms with van der Waals surface area (Å²) < 4.78 is 12.9. The molecule has 0 aromatic heterocycles. The average molecular weight is 436 g/mol. The molecule has 0 bridgehead atoms. The van der Waals surface area contributed by atoms with E-state index in [1.54, 1.807) is 6.08 Å². The van der Waals surface area contributed by atoms with Gasteiger partial charge in [0, 0.05) is 0 Å². The zero-order chi connectivity index (χ0) is 22.6. The van der Waals surface area contributed by atoms with Crippen LogP contribution in [0.15, 0.2) is 48.3 Å². The highest BCUT2D eigenvalue weighted by Gasteiger charge is 2.30. The topological polar surface area (TPSA) is 23.8 Å². The van der Waals surface area contributed by atoms with Crippen LogP contribution >= 0.6 is 0 Å². The van der Waals surface area contributed by atoms with Crippen LogP contribution in [0, 0.1) is 35.0 Å². The van der Waals surface area contributed by atoms with Gasteiger partial charge in [-0.15, -0.1) is 0 Å². The summed E-state index contributed by atoms with van der Waals surface area (Å²) >= 11 is 0. The number of hydrogen-bond donors (Lipinski definition) is 0. The highest BCUT2D eigenvalue weighted by Crippen LogP contribution is 2.42. The van der Waals surface area contributed by atoms with Gasteiger partial charge >= 0.3 is 0 Å². The lowest BCUT2D eigenvalue weighted by Crippen LogP contribution is -2.25. The number of aryl methyl sites for hydroxylation is 2. The zero-order valence-corrected chi connectivity index (χ0v) is 20.1. The molecule has 0 spiro atoms. The van der Waals surface area contributed by atoms with Crippen molar-refractivity contribution in [3.05, 3.63) is 59.4 Å². The Bertz CT molecular complexity index is 753. The lowest BCUT2D eigenvalue weighted by atomic mass is 9.68. The maximum atomic E-state index is 12.9. The lowest BCUT2D eigenvalue weighted by Gasteiger charge is -2.37. The largest absolute Gasteiger partial charge is 0.199 e. The molecule has 0 N–H and O–H groups in total. The standard InChI is InChI=1S/C30H42FN/c1-2-6-24-11-13-25(14-12-24)7-3-4-8-26-15-19-28(20-16-26)29-21-17-27(18-22-29)9-5-10-30(31)23-32/h5,9-14,26-29H,2-4,6-8,15-22H2,1H3/b9-5+,30-10-/t26-,27?,28-,29?. The van der Waals surface area contributed by atoms with Crippen LogP contribution in [-0.4, -0.2) is 0 Å². The zero-order valence-electron chi connectivity index (χ0n) is 20.1. The fourth-order valence-corrected chi connectivity index (χ4v) is 6.01. The number of rotatable bonds is 10. The van der Waals surface area contributed by atoms with Gasteiger partial charge in [-0.1, -0.05) is 75.4 Å². The fourth-order valence-electron chi connectivity index (χ4n) is 6.01. The first-order valence-corrected chi connectivity index (χ1v) is 13.2. The van der Waals surface area contributed by atoms with E-state index in [-0.39, 0.29) is 0 Å². The van der Waals surface area contributed by atoms with Crippen molar-refractivity contribution >= 4 is 0 Å². The van der Waals surface area contributed by atoms with E-state index in [1.807, 2.05) is 0 Å². The van der Waals surface area contributed by atoms with Crippen LogP contribution in [0.5, 0.6) is 0 Å². The summed E-state index contributed by atoms with van der Waals surface area (Å²) in [7, 11) is 0. The summed E-state index contributed by atoms with van der Waals surface area (Å²) in [5.74, 6) is 2.66. The molecule has 2 aliphatic carbocycles. The van der Waals surface area contributed by atoms with Gasteiger partial charge in [0.05, 0.1) is 0 Å². The molecule has 1 nitrogen and oxygen atoms in total. The van der Waals surface area contributed by atoms with Gasteiger partial charge in [-0.3, -0.25) is 0 Å². The number of allylic oxidation sites excluding steroid dienone is 4. The molecule has 0 atom stereocenters. The second-order valence-electron chi connectivity index (χ2n) is 10.3. The van der Waals surface area contributed by atoms with Crippen molar-refractivity contribution in [1.29, 1.82) is 5.26 Å². The van der Waals surface area contributed by atoms with Crippen LogP contribution in [0.25, 0.3) is 0 Å². The molecule has 2 fully saturated rings. The van der Waals surface area contributed by atoms with Crippen molar-refractivity contribution < 1.29 is 4.39 Å². The van der Waals surface area contributed by atoms with Gasteiger partial charge in [-0.2, -0.15) is 9.65 Å². The second-order valence-corrected chi connectivity index (χ2v) is 10.3. The predicted octanol–water partition coefficient (Wildman–Crippen LogP) is 8.90. The summed E-state index contributed by atoms with van der Waals surface area (Å²) in [6.45, 7) is 2.24. The Morgan fingerprint density at radius 3 is 2.09 bits per heavy atom. The molecule has 0 amide bonds. The van der Waals surface area contributed by atoms with E-state index >= 15 is 0 Å². The third-order valence-corrected chi connectivity index (χ3v) is 8.00. The van der Waals surface area contributed by atoms with Crippen LogP contribution in [0.1, 0.15) is 95.1 Å². The molecule has 1 aromatic carbocycles. The van der Waals surface area contributed by atoms with Gasteiger partial charge in [0.15, 0.2) is 5.83 Å². The average Bonchev–Trinajstić information content (AvgIpc) is 2.84. The summed E-state index contributed by atoms with van der Waals surface area (Å²) in [5, 5.41) is 8.47. The van der Waals surface area contributed by atoms with Crippen molar-refractivity contribution in [2.75, 3.05) is 0 Å². The quantitative estimate of drug-likeness (QED) is 0.204. The predicted molar refractivity (Wildman–Crippen MR) is 133 cm³/mol. The lowest BCUT2D eigenvalue weighted by molar-refractivity contribution is 0.151. The van der Waals surface area contributed by atoms with Crippen LogP contribution in [-0.2, 0) is 12.8 Å². The molecule has 1 aromatic rings. The van der Waals surface area contributed by atoms with Gasteiger partial charge < -0.3 is 0 Å². The van der Waals surface area contributed by atoms with Crippen molar-refractivity contribution in [3.63, 3.8) is 0 Å². The smallest absolute Gasteiger partial charge is 0.195 e. The minimum absolute atomic E-state index is 0.563. The molecular formula is C30H42FN. The molecule has 0 radical (unpaired) electrons. The van der Waals surface area contributed by atoms with E-state index in [2.05, 4.69) is 37.3 Å². The number of nitriles is 1. The first kappa shape index (κ1) is 24.8. The number of nitrogens with zero attached hydrogens (tertiary/aromatic N) is 1. The number of unbranched alkanes of at least 4 members (excludes halogenated alkanes) is 1. The first-order chi connectivity index (χ1) is 15.7. The summed E-state index contributed by atoms with van der Waals surface area (Å²) in [6.07, 6.45) is 23.8. The highest BCUT2D eigenvalue weighted by atomic mass is 19.1. The Morgan fingerprint density at radius 2 is 1.50 bits per heavy atom. The normalized spacial score (nSPS) is 26.8. The van der Waals surface area contributed by atoms with Crippen LogP contribution in [0.4, 0.5) is 4.39 Å². The summed E-state index contributed by atoms with van der Waals surface area (Å²) in [4.78, 5) is 0. The van der Waals surface area contributed by atoms with Crippen LogP contribution in [0.2, 0.25) is 0 Å². The fraction of sp³-hybridized carbons (Fsp3) is 0.633. The third-order valence-electron chi connectivity index (χ3n) is 8.00. The van der Waals surface area contributed by atoms with E-state index in [0.29, 0.717) is 5.92 Å². The van der Waals surface area contributed by atoms with Gasteiger partial charge in [0.2, 0.25) is 0 Å². The van der Waals surface area contributed by atoms with Crippen molar-refractivity contribution in [2.45, 2.75) is 96.8 Å². The highest BCUT2D eigenvalue weighted by molar-refractivity contribution is 5.22. The monoisotopic (exact) mass is 435 g/mol. The summed E-state index contributed by atoms with van der Waals surface area (Å²) in [5.41, 5.74) is 2.98. The van der Waals surface area contributed by atoms with E-state index in [4.69, 9.17) is 5.26 Å². The Morgan fingerprint density at radius 1 is 0.906 bits per heavy atom. The Kier molecular flexibility index (Phi) is 10.5. The van der Waals surface area contributed by atoms with Gasteiger partial charge in [0.1, 0.15) is 6.07 Å². The minimum Gasteiger partial charge on any atom is -0.195 e. The Labute approximate surface area is 195 Å². The molecule has 32 heavy (non-hydrogen) atoms. The SMILES string of the molecule is CCCc1ccc(CCCC[C@H]2CC[C@H](C3CCC(/C=C/C=C(\F)C#N)CC3)CC2)cc1. The Hall–Kier alpha value is -1.88. The van der Waals surface area contributed by atoms with E-state index in [0.717, 1.165) is 17.8 Å². The number of halogens is 1. The van der Waals surface area contributed by atoms with Gasteiger partial charge in [0.25, 0.3) is 0 Å². The van der Waals surface area contributed by atoms with Crippen molar-refractivity contribution in [2.24, 2.45) is 23.7 Å². The van der Waals surface area contributed by atoms with Crippen molar-refractivity contribution in [1.82, 2.24) is 0 Å².